The van der Waals surface area contributed by atoms with Gasteiger partial charge >= 0.3 is 0 Å². The van der Waals surface area contributed by atoms with Crippen molar-refractivity contribution in [2.45, 2.75) is 31.9 Å². The fraction of sp³-hybridized carbons (Fsp3) is 0.667. The van der Waals surface area contributed by atoms with E-state index in [1.54, 1.807) is 18.7 Å². The Morgan fingerprint density at radius 2 is 2.36 bits per heavy atom. The van der Waals surface area contributed by atoms with Gasteiger partial charge in [-0.15, -0.1) is 0 Å². The van der Waals surface area contributed by atoms with Crippen molar-refractivity contribution in [2.24, 2.45) is 0 Å². The van der Waals surface area contributed by atoms with Gasteiger partial charge in [0, 0.05) is 6.42 Å². The normalized spacial score (nSPS) is 12.8. The summed E-state index contributed by atoms with van der Waals surface area (Å²) < 4.78 is 5.01. The van der Waals surface area contributed by atoms with Gasteiger partial charge in [0.15, 0.2) is 5.82 Å². The molecule has 0 aromatic carbocycles. The van der Waals surface area contributed by atoms with E-state index in [0.29, 0.717) is 18.1 Å². The van der Waals surface area contributed by atoms with Crippen molar-refractivity contribution in [3.8, 4) is 0 Å². The first kappa shape index (κ1) is 11.2. The molecule has 0 N–H and O–H groups in total. The molecule has 1 rings (SSSR count). The van der Waals surface area contributed by atoms with Crippen molar-refractivity contribution < 1.29 is 9.32 Å². The Bertz CT molecular complexity index is 312. The van der Waals surface area contributed by atoms with E-state index in [0.717, 1.165) is 5.75 Å². The van der Waals surface area contributed by atoms with Crippen LogP contribution >= 0.6 is 11.8 Å². The van der Waals surface area contributed by atoms with E-state index in [4.69, 9.17) is 4.52 Å². The molecule has 0 amide bonds. The van der Waals surface area contributed by atoms with Crippen LogP contribution in [0.1, 0.15) is 37.9 Å². The third-order valence-corrected chi connectivity index (χ3v) is 2.51. The van der Waals surface area contributed by atoms with E-state index in [9.17, 15) is 4.79 Å². The molecular formula is C9H14N2O2S. The molecule has 0 aliphatic carbocycles. The van der Waals surface area contributed by atoms with Gasteiger partial charge in [-0.25, -0.2) is 0 Å². The zero-order valence-electron chi connectivity index (χ0n) is 8.61. The second-order valence-corrected chi connectivity index (χ2v) is 3.89. The molecule has 1 heterocycles. The summed E-state index contributed by atoms with van der Waals surface area (Å²) in [6, 6.07) is 0. The first-order chi connectivity index (χ1) is 6.69. The van der Waals surface area contributed by atoms with Crippen LogP contribution in [0.5, 0.6) is 0 Å². The van der Waals surface area contributed by atoms with Crippen LogP contribution in [0.25, 0.3) is 0 Å². The highest BCUT2D eigenvalue weighted by Gasteiger charge is 2.19. The second kappa shape index (κ2) is 5.14. The maximum absolute atomic E-state index is 11.3. The summed E-state index contributed by atoms with van der Waals surface area (Å²) in [5, 5.41) is 3.78. The van der Waals surface area contributed by atoms with E-state index in [-0.39, 0.29) is 11.7 Å². The lowest BCUT2D eigenvalue weighted by Gasteiger charge is -2.01. The Balaban J connectivity index is 2.70. The van der Waals surface area contributed by atoms with Crippen molar-refractivity contribution >= 4 is 17.5 Å². The molecule has 4 nitrogen and oxygen atoms in total. The summed E-state index contributed by atoms with van der Waals surface area (Å²) >= 11 is 1.62. The quantitative estimate of drug-likeness (QED) is 0.750. The summed E-state index contributed by atoms with van der Waals surface area (Å²) in [6.07, 6.45) is 2.47. The minimum atomic E-state index is -0.275. The van der Waals surface area contributed by atoms with Crippen LogP contribution in [0, 0.1) is 0 Å². The zero-order chi connectivity index (χ0) is 10.6. The van der Waals surface area contributed by atoms with Gasteiger partial charge in [-0.1, -0.05) is 12.1 Å². The standard InChI is InChI=1S/C9H14N2O2S/c1-4-7(12)6(2)9-10-8(5-14-3)11-13-9/h6H,4-5H2,1-3H3. The molecule has 0 spiro atoms. The first-order valence-electron chi connectivity index (χ1n) is 4.53. The molecule has 14 heavy (non-hydrogen) atoms. The number of rotatable bonds is 5. The number of thioether (sulfide) groups is 1. The molecule has 1 atom stereocenters. The lowest BCUT2D eigenvalue weighted by Crippen LogP contribution is -2.07. The molecule has 1 unspecified atom stereocenters. The van der Waals surface area contributed by atoms with E-state index in [1.807, 2.05) is 13.2 Å². The monoisotopic (exact) mass is 214 g/mol. The summed E-state index contributed by atoms with van der Waals surface area (Å²) in [5.41, 5.74) is 0. The van der Waals surface area contributed by atoms with Crippen molar-refractivity contribution in [2.75, 3.05) is 6.26 Å². The number of carbonyl (C=O) groups is 1. The van der Waals surface area contributed by atoms with Crippen LogP contribution < -0.4 is 0 Å². The summed E-state index contributed by atoms with van der Waals surface area (Å²) in [4.78, 5) is 15.5. The zero-order valence-corrected chi connectivity index (χ0v) is 9.43. The molecule has 0 aliphatic heterocycles. The Morgan fingerprint density at radius 3 is 2.93 bits per heavy atom. The van der Waals surface area contributed by atoms with Gasteiger partial charge in [0.05, 0.1) is 11.7 Å². The molecule has 0 bridgehead atoms. The number of hydrogen-bond acceptors (Lipinski definition) is 5. The lowest BCUT2D eigenvalue weighted by molar-refractivity contribution is -0.120. The van der Waals surface area contributed by atoms with Gasteiger partial charge in [0.1, 0.15) is 5.78 Å². The van der Waals surface area contributed by atoms with Gasteiger partial charge in [-0.2, -0.15) is 16.7 Å². The van der Waals surface area contributed by atoms with Crippen molar-refractivity contribution in [3.63, 3.8) is 0 Å². The second-order valence-electron chi connectivity index (χ2n) is 3.02. The third-order valence-electron chi connectivity index (χ3n) is 1.96. The first-order valence-corrected chi connectivity index (χ1v) is 5.92. The maximum atomic E-state index is 11.3. The summed E-state index contributed by atoms with van der Waals surface area (Å²) in [7, 11) is 0. The van der Waals surface area contributed by atoms with E-state index >= 15 is 0 Å². The van der Waals surface area contributed by atoms with Crippen molar-refractivity contribution in [1.82, 2.24) is 10.1 Å². The Kier molecular flexibility index (Phi) is 4.13. The largest absolute Gasteiger partial charge is 0.339 e. The predicted octanol–water partition coefficient (Wildman–Crippen LogP) is 2.02. The minimum absolute atomic E-state index is 0.129. The number of hydrogen-bond donors (Lipinski definition) is 0. The van der Waals surface area contributed by atoms with Crippen LogP contribution in [0.3, 0.4) is 0 Å². The fourth-order valence-electron chi connectivity index (χ4n) is 1.07. The molecule has 78 valence electrons. The predicted molar refractivity (Wildman–Crippen MR) is 55.2 cm³/mol. The Morgan fingerprint density at radius 1 is 1.64 bits per heavy atom. The minimum Gasteiger partial charge on any atom is -0.339 e. The molecule has 0 fully saturated rings. The van der Waals surface area contributed by atoms with E-state index in [1.165, 1.54) is 0 Å². The smallest absolute Gasteiger partial charge is 0.236 e. The molecule has 5 heteroatoms. The topological polar surface area (TPSA) is 56.0 Å². The highest BCUT2D eigenvalue weighted by atomic mass is 32.2. The van der Waals surface area contributed by atoms with Gasteiger partial charge in [0.25, 0.3) is 0 Å². The van der Waals surface area contributed by atoms with Crippen molar-refractivity contribution in [3.05, 3.63) is 11.7 Å². The van der Waals surface area contributed by atoms with Gasteiger partial charge in [-0.3, -0.25) is 4.79 Å². The average Bonchev–Trinajstić information content (AvgIpc) is 2.64. The summed E-state index contributed by atoms with van der Waals surface area (Å²) in [5.74, 6) is 1.66. The maximum Gasteiger partial charge on any atom is 0.236 e. The Labute approximate surface area is 87.5 Å². The van der Waals surface area contributed by atoms with Crippen LogP contribution in [0.4, 0.5) is 0 Å². The molecule has 0 aliphatic rings. The molecule has 1 aromatic rings. The third kappa shape index (κ3) is 2.57. The number of ketones is 1. The van der Waals surface area contributed by atoms with Gasteiger partial charge in [-0.05, 0) is 13.2 Å². The number of Topliss-reactive ketones (excluding diaryl/α,β-unsaturated/α-hetero) is 1. The number of nitrogens with zero attached hydrogens (tertiary/aromatic N) is 2. The highest BCUT2D eigenvalue weighted by Crippen LogP contribution is 2.16. The number of carbonyl (C=O) groups excluding carboxylic acids is 1. The van der Waals surface area contributed by atoms with Gasteiger partial charge < -0.3 is 4.52 Å². The average molecular weight is 214 g/mol. The molecule has 1 aromatic heterocycles. The summed E-state index contributed by atoms with van der Waals surface area (Å²) in [6.45, 7) is 3.63. The molecule has 0 radical (unpaired) electrons. The lowest BCUT2D eigenvalue weighted by atomic mass is 10.1. The Hall–Kier alpha value is -0.840. The highest BCUT2D eigenvalue weighted by molar-refractivity contribution is 7.97. The van der Waals surface area contributed by atoms with E-state index < -0.39 is 0 Å². The molecular weight excluding hydrogens is 200 g/mol. The van der Waals surface area contributed by atoms with Crippen LogP contribution in [0.15, 0.2) is 4.52 Å². The van der Waals surface area contributed by atoms with E-state index in [2.05, 4.69) is 10.1 Å². The van der Waals surface area contributed by atoms with Crippen LogP contribution in [-0.2, 0) is 10.5 Å². The van der Waals surface area contributed by atoms with Gasteiger partial charge in [0.2, 0.25) is 5.89 Å². The van der Waals surface area contributed by atoms with Crippen molar-refractivity contribution in [1.29, 1.82) is 0 Å². The van der Waals surface area contributed by atoms with Crippen LogP contribution in [-0.4, -0.2) is 22.2 Å². The SMILES string of the molecule is CCC(=O)C(C)c1nc(CSC)no1. The van der Waals surface area contributed by atoms with Crippen LogP contribution in [0.2, 0.25) is 0 Å². The number of aromatic nitrogens is 2. The molecule has 0 saturated heterocycles. The molecule has 0 saturated carbocycles. The fourth-order valence-corrected chi connectivity index (χ4v) is 1.45.